The van der Waals surface area contributed by atoms with Crippen LogP contribution in [0.15, 0.2) is 47.4 Å². The van der Waals surface area contributed by atoms with Gasteiger partial charge >= 0.3 is 0 Å². The highest BCUT2D eigenvalue weighted by molar-refractivity contribution is 5.62. The molecule has 0 radical (unpaired) electrons. The van der Waals surface area contributed by atoms with E-state index in [2.05, 4.69) is 40.4 Å². The molecule has 1 aliphatic rings. The van der Waals surface area contributed by atoms with Gasteiger partial charge in [-0.05, 0) is 31.7 Å². The van der Waals surface area contributed by atoms with Crippen molar-refractivity contribution < 1.29 is 9.63 Å². The summed E-state index contributed by atoms with van der Waals surface area (Å²) < 4.78 is 7.06. The van der Waals surface area contributed by atoms with E-state index in [4.69, 9.17) is 4.52 Å². The summed E-state index contributed by atoms with van der Waals surface area (Å²) in [6.45, 7) is 1.31. The van der Waals surface area contributed by atoms with Gasteiger partial charge in [0.05, 0.1) is 17.1 Å². The monoisotopic (exact) mass is 419 g/mol. The minimum atomic E-state index is -1.02. The summed E-state index contributed by atoms with van der Waals surface area (Å²) in [5.74, 6) is 1.23. The Balaban J connectivity index is 1.40. The molecule has 11 heteroatoms. The average molecular weight is 419 g/mol. The highest BCUT2D eigenvalue weighted by Gasteiger charge is 2.39. The van der Waals surface area contributed by atoms with Crippen LogP contribution in [0.4, 0.5) is 11.9 Å². The molecule has 5 rings (SSSR count). The summed E-state index contributed by atoms with van der Waals surface area (Å²) in [4.78, 5) is 19.6. The number of likely N-dealkylation sites (N-methyl/N-ethyl adjacent to an activating group) is 1. The van der Waals surface area contributed by atoms with Crippen LogP contribution in [0.1, 0.15) is 12.2 Å². The zero-order valence-corrected chi connectivity index (χ0v) is 17.1. The van der Waals surface area contributed by atoms with E-state index >= 15 is 0 Å². The van der Waals surface area contributed by atoms with Crippen LogP contribution in [-0.4, -0.2) is 65.0 Å². The number of aliphatic hydroxyl groups is 1. The van der Waals surface area contributed by atoms with Crippen molar-refractivity contribution in [1.82, 2.24) is 39.8 Å². The van der Waals surface area contributed by atoms with Crippen LogP contribution in [0.25, 0.3) is 22.8 Å². The quantitative estimate of drug-likeness (QED) is 0.491. The molecule has 1 saturated heterocycles. The second-order valence-electron chi connectivity index (χ2n) is 7.64. The van der Waals surface area contributed by atoms with Crippen LogP contribution >= 0.6 is 0 Å². The predicted molar refractivity (Wildman–Crippen MR) is 111 cm³/mol. The summed E-state index contributed by atoms with van der Waals surface area (Å²) >= 11 is 0. The maximum absolute atomic E-state index is 10.8. The maximum atomic E-state index is 10.8. The number of anilines is 2. The molecule has 0 unspecified atom stereocenters. The van der Waals surface area contributed by atoms with Crippen molar-refractivity contribution >= 4 is 11.9 Å². The number of aromatic nitrogens is 7. The summed E-state index contributed by atoms with van der Waals surface area (Å²) in [6, 6.07) is 9.10. The standard InChI is InChI=1S/C20H21N9O2/c1-28-9-7-20(30,11-28)17-10-16(27-31-17)14-5-3-4-13(23-14)15-6-8-21-18(24-15)25-19-22-12-29(2)26-19/h3-6,8,10,12,30H,7,9,11H2,1-2H3,(H,21,24,25,26)/t20-/m0/s1. The SMILES string of the molecule is CN1CC[C@@](O)(c2cc(-c3cccc(-c4ccnc(Nc5ncn(C)n5)n4)n3)no2)C1. The minimum Gasteiger partial charge on any atom is -0.380 e. The van der Waals surface area contributed by atoms with Crippen molar-refractivity contribution in [2.45, 2.75) is 12.0 Å². The first-order chi connectivity index (χ1) is 15.0. The number of rotatable bonds is 5. The van der Waals surface area contributed by atoms with Crippen molar-refractivity contribution in [3.63, 3.8) is 0 Å². The molecule has 0 bridgehead atoms. The van der Waals surface area contributed by atoms with Gasteiger partial charge in [0.25, 0.3) is 0 Å². The topological polar surface area (TPSA) is 131 Å². The third-order valence-corrected chi connectivity index (χ3v) is 5.16. The number of nitrogens with zero attached hydrogens (tertiary/aromatic N) is 8. The molecular weight excluding hydrogens is 398 g/mol. The minimum absolute atomic E-state index is 0.368. The molecule has 0 saturated carbocycles. The van der Waals surface area contributed by atoms with E-state index in [9.17, 15) is 5.11 Å². The predicted octanol–water partition coefficient (Wildman–Crippen LogP) is 1.59. The smallest absolute Gasteiger partial charge is 0.248 e. The highest BCUT2D eigenvalue weighted by atomic mass is 16.5. The molecule has 4 aromatic rings. The number of likely N-dealkylation sites (tertiary alicyclic amines) is 1. The second kappa shape index (κ2) is 7.52. The lowest BCUT2D eigenvalue weighted by Gasteiger charge is -2.18. The van der Waals surface area contributed by atoms with Crippen LogP contribution in [-0.2, 0) is 12.6 Å². The van der Waals surface area contributed by atoms with Crippen LogP contribution in [0.5, 0.6) is 0 Å². The molecule has 0 amide bonds. The third kappa shape index (κ3) is 3.88. The van der Waals surface area contributed by atoms with Crippen LogP contribution in [0.3, 0.4) is 0 Å². The van der Waals surface area contributed by atoms with Crippen molar-refractivity contribution in [2.24, 2.45) is 7.05 Å². The number of hydrogen-bond acceptors (Lipinski definition) is 10. The average Bonchev–Trinajstić information content (AvgIpc) is 3.50. The normalized spacial score (nSPS) is 19.1. The molecule has 4 aromatic heterocycles. The van der Waals surface area contributed by atoms with Crippen LogP contribution in [0.2, 0.25) is 0 Å². The lowest BCUT2D eigenvalue weighted by atomic mass is 9.99. The fourth-order valence-electron chi connectivity index (χ4n) is 3.57. The number of pyridine rings is 1. The molecular formula is C20H21N9O2. The van der Waals surface area contributed by atoms with Gasteiger partial charge in [-0.2, -0.15) is 0 Å². The Morgan fingerprint density at radius 1 is 1.03 bits per heavy atom. The van der Waals surface area contributed by atoms with E-state index in [1.807, 2.05) is 25.2 Å². The van der Waals surface area contributed by atoms with Gasteiger partial charge in [0.15, 0.2) is 5.76 Å². The number of hydrogen-bond donors (Lipinski definition) is 2. The second-order valence-corrected chi connectivity index (χ2v) is 7.64. The van der Waals surface area contributed by atoms with Crippen LogP contribution in [0, 0.1) is 0 Å². The van der Waals surface area contributed by atoms with E-state index in [0.29, 0.717) is 53.4 Å². The molecule has 1 fully saturated rings. The first-order valence-corrected chi connectivity index (χ1v) is 9.80. The fraction of sp³-hybridized carbons (Fsp3) is 0.300. The summed E-state index contributed by atoms with van der Waals surface area (Å²) in [7, 11) is 3.75. The van der Waals surface area contributed by atoms with Gasteiger partial charge in [-0.15, -0.1) is 5.10 Å². The highest BCUT2D eigenvalue weighted by Crippen LogP contribution is 2.33. The first kappa shape index (κ1) is 19.3. The number of β-amino-alcohol motifs (C(OH)–C–C–N with tert-alkyl or cyclic N) is 1. The first-order valence-electron chi connectivity index (χ1n) is 9.80. The maximum Gasteiger partial charge on any atom is 0.248 e. The van der Waals surface area contributed by atoms with Crippen molar-refractivity contribution in [3.8, 4) is 22.8 Å². The van der Waals surface area contributed by atoms with Gasteiger partial charge in [-0.3, -0.25) is 10.00 Å². The number of aryl methyl sites for hydroxylation is 1. The van der Waals surface area contributed by atoms with Gasteiger partial charge in [0, 0.05) is 32.4 Å². The molecule has 1 aliphatic heterocycles. The summed E-state index contributed by atoms with van der Waals surface area (Å²) in [6.07, 6.45) is 3.83. The largest absolute Gasteiger partial charge is 0.380 e. The molecule has 31 heavy (non-hydrogen) atoms. The molecule has 158 valence electrons. The lowest BCUT2D eigenvalue weighted by Crippen LogP contribution is -2.28. The Hall–Kier alpha value is -3.70. The Bertz CT molecular complexity index is 1220. The molecule has 11 nitrogen and oxygen atoms in total. The molecule has 0 aliphatic carbocycles. The van der Waals surface area contributed by atoms with Gasteiger partial charge in [0.2, 0.25) is 11.9 Å². The van der Waals surface area contributed by atoms with Crippen LogP contribution < -0.4 is 5.32 Å². The van der Waals surface area contributed by atoms with E-state index in [1.54, 1.807) is 36.4 Å². The van der Waals surface area contributed by atoms with Gasteiger partial charge in [-0.1, -0.05) is 11.2 Å². The molecule has 0 aromatic carbocycles. The molecule has 2 N–H and O–H groups in total. The van der Waals surface area contributed by atoms with Crippen molar-refractivity contribution in [3.05, 3.63) is 48.6 Å². The van der Waals surface area contributed by atoms with Crippen molar-refractivity contribution in [1.29, 1.82) is 0 Å². The molecule has 5 heterocycles. The van der Waals surface area contributed by atoms with Gasteiger partial charge < -0.3 is 14.5 Å². The van der Waals surface area contributed by atoms with E-state index < -0.39 is 5.60 Å². The van der Waals surface area contributed by atoms with E-state index in [0.717, 1.165) is 6.54 Å². The Morgan fingerprint density at radius 2 is 1.84 bits per heavy atom. The third-order valence-electron chi connectivity index (χ3n) is 5.16. The zero-order valence-electron chi connectivity index (χ0n) is 17.1. The Morgan fingerprint density at radius 3 is 2.58 bits per heavy atom. The lowest BCUT2D eigenvalue weighted by molar-refractivity contribution is 0.0211. The van der Waals surface area contributed by atoms with E-state index in [-0.39, 0.29) is 0 Å². The molecule has 1 atom stereocenters. The molecule has 0 spiro atoms. The van der Waals surface area contributed by atoms with Crippen molar-refractivity contribution in [2.75, 3.05) is 25.5 Å². The fourth-order valence-corrected chi connectivity index (χ4v) is 3.57. The zero-order chi connectivity index (χ0) is 21.4. The van der Waals surface area contributed by atoms with Gasteiger partial charge in [-0.25, -0.2) is 19.9 Å². The van der Waals surface area contributed by atoms with E-state index in [1.165, 1.54) is 0 Å². The van der Waals surface area contributed by atoms with Gasteiger partial charge in [0.1, 0.15) is 17.6 Å². The summed E-state index contributed by atoms with van der Waals surface area (Å²) in [5, 5.41) is 22.1. The Kier molecular flexibility index (Phi) is 4.68. The summed E-state index contributed by atoms with van der Waals surface area (Å²) in [5.41, 5.74) is 1.45. The number of nitrogens with one attached hydrogen (secondary N) is 1. The Labute approximate surface area is 177 Å².